The average molecular weight is 315 g/mol. The Bertz CT molecular complexity index is 547. The van der Waals surface area contributed by atoms with Gasteiger partial charge in [0.1, 0.15) is 0 Å². The van der Waals surface area contributed by atoms with Gasteiger partial charge >= 0.3 is 5.97 Å². The van der Waals surface area contributed by atoms with Gasteiger partial charge in [-0.25, -0.2) is 0 Å². The second kappa shape index (κ2) is 9.34. The van der Waals surface area contributed by atoms with Crippen LogP contribution in [0.15, 0.2) is 30.3 Å². The van der Waals surface area contributed by atoms with E-state index in [1.807, 2.05) is 37.3 Å². The summed E-state index contributed by atoms with van der Waals surface area (Å²) in [7, 11) is 1.71. The third-order valence-corrected chi connectivity index (χ3v) is 4.00. The van der Waals surface area contributed by atoms with Crippen molar-refractivity contribution < 1.29 is 14.3 Å². The zero-order valence-corrected chi connectivity index (χ0v) is 14.0. The fourth-order valence-electron chi connectivity index (χ4n) is 2.96. The summed E-state index contributed by atoms with van der Waals surface area (Å²) in [6.45, 7) is 3.85. The Morgan fingerprint density at radius 1 is 1.39 bits per heavy atom. The second-order valence-electron chi connectivity index (χ2n) is 5.65. The molecule has 0 spiro atoms. The lowest BCUT2D eigenvalue weighted by molar-refractivity contribution is -0.144. The molecule has 0 N–H and O–H groups in total. The molecule has 1 aromatic rings. The van der Waals surface area contributed by atoms with Crippen molar-refractivity contribution in [1.29, 1.82) is 0 Å². The van der Waals surface area contributed by atoms with Gasteiger partial charge in [0.05, 0.1) is 25.7 Å². The monoisotopic (exact) mass is 315 g/mol. The van der Waals surface area contributed by atoms with Gasteiger partial charge in [-0.2, -0.15) is 0 Å². The number of ether oxygens (including phenoxy) is 2. The standard InChI is InChI=1S/C19H25NO3/c1-3-23-19(21)14-17(12-11-16-8-5-4-6-9-16)20-13-7-10-18(20)15-22-2/h4-6,8-9,17-18H,3,7,10,13-15H2,1-2H3/t17-,18+/m1/s1. The number of likely N-dealkylation sites (tertiary alicyclic amines) is 1. The van der Waals surface area contributed by atoms with Crippen molar-refractivity contribution in [1.82, 2.24) is 4.90 Å². The summed E-state index contributed by atoms with van der Waals surface area (Å²) in [6, 6.07) is 10.1. The van der Waals surface area contributed by atoms with Crippen LogP contribution in [0.2, 0.25) is 0 Å². The maximum absolute atomic E-state index is 11.9. The Morgan fingerprint density at radius 2 is 2.17 bits per heavy atom. The van der Waals surface area contributed by atoms with Gasteiger partial charge in [0.25, 0.3) is 0 Å². The van der Waals surface area contributed by atoms with Crippen LogP contribution >= 0.6 is 0 Å². The summed E-state index contributed by atoms with van der Waals surface area (Å²) in [6.07, 6.45) is 2.49. The van der Waals surface area contributed by atoms with Crippen LogP contribution in [0.3, 0.4) is 0 Å². The largest absolute Gasteiger partial charge is 0.466 e. The van der Waals surface area contributed by atoms with Crippen LogP contribution in [-0.4, -0.2) is 49.8 Å². The van der Waals surface area contributed by atoms with Crippen molar-refractivity contribution >= 4 is 5.97 Å². The first-order valence-electron chi connectivity index (χ1n) is 8.21. The van der Waals surface area contributed by atoms with E-state index in [1.54, 1.807) is 7.11 Å². The fraction of sp³-hybridized carbons (Fsp3) is 0.526. The topological polar surface area (TPSA) is 38.8 Å². The molecule has 124 valence electrons. The predicted octanol–water partition coefficient (Wildman–Crippen LogP) is 2.47. The molecule has 0 saturated carbocycles. The van der Waals surface area contributed by atoms with Crippen LogP contribution in [0.5, 0.6) is 0 Å². The third-order valence-electron chi connectivity index (χ3n) is 4.00. The molecule has 1 heterocycles. The minimum absolute atomic E-state index is 0.128. The van der Waals surface area contributed by atoms with Crippen molar-refractivity contribution in [3.05, 3.63) is 35.9 Å². The molecule has 0 radical (unpaired) electrons. The number of methoxy groups -OCH3 is 1. The summed E-state index contributed by atoms with van der Waals surface area (Å²) >= 11 is 0. The van der Waals surface area contributed by atoms with Gasteiger partial charge in [0.2, 0.25) is 0 Å². The van der Waals surface area contributed by atoms with Crippen LogP contribution in [0.25, 0.3) is 0 Å². The number of carbonyl (C=O) groups is 1. The number of hydrogen-bond donors (Lipinski definition) is 0. The highest BCUT2D eigenvalue weighted by Gasteiger charge is 2.31. The molecule has 1 aromatic carbocycles. The lowest BCUT2D eigenvalue weighted by atomic mass is 10.1. The maximum Gasteiger partial charge on any atom is 0.308 e. The number of carbonyl (C=O) groups excluding carboxylic acids is 1. The molecule has 4 heteroatoms. The Labute approximate surface area is 138 Å². The molecule has 1 aliphatic heterocycles. The van der Waals surface area contributed by atoms with Crippen molar-refractivity contribution in [3.8, 4) is 11.8 Å². The average Bonchev–Trinajstić information content (AvgIpc) is 3.01. The van der Waals surface area contributed by atoms with Gasteiger partial charge in [0, 0.05) is 18.7 Å². The van der Waals surface area contributed by atoms with Crippen molar-refractivity contribution in [2.45, 2.75) is 38.3 Å². The van der Waals surface area contributed by atoms with Gasteiger partial charge in [-0.05, 0) is 38.4 Å². The van der Waals surface area contributed by atoms with E-state index in [4.69, 9.17) is 9.47 Å². The summed E-state index contributed by atoms with van der Waals surface area (Å²) in [4.78, 5) is 14.2. The zero-order valence-electron chi connectivity index (χ0n) is 14.0. The molecule has 1 saturated heterocycles. The van der Waals surface area contributed by atoms with Crippen molar-refractivity contribution in [2.24, 2.45) is 0 Å². The van der Waals surface area contributed by atoms with Gasteiger partial charge < -0.3 is 9.47 Å². The number of esters is 1. The van der Waals surface area contributed by atoms with E-state index in [-0.39, 0.29) is 12.0 Å². The first-order valence-corrected chi connectivity index (χ1v) is 8.21. The molecule has 0 aliphatic carbocycles. The summed E-state index contributed by atoms with van der Waals surface area (Å²) < 4.78 is 10.4. The molecule has 23 heavy (non-hydrogen) atoms. The molecule has 4 nitrogen and oxygen atoms in total. The van der Waals surface area contributed by atoms with Crippen LogP contribution in [0.4, 0.5) is 0 Å². The molecule has 0 bridgehead atoms. The molecule has 0 unspecified atom stereocenters. The number of rotatable bonds is 6. The van der Waals surface area contributed by atoms with E-state index in [2.05, 4.69) is 16.7 Å². The quantitative estimate of drug-likeness (QED) is 0.597. The normalized spacial score (nSPS) is 19.0. The lowest BCUT2D eigenvalue weighted by Gasteiger charge is -2.29. The maximum atomic E-state index is 11.9. The smallest absolute Gasteiger partial charge is 0.308 e. The van der Waals surface area contributed by atoms with E-state index in [0.29, 0.717) is 25.7 Å². The second-order valence-corrected chi connectivity index (χ2v) is 5.65. The number of benzene rings is 1. The van der Waals surface area contributed by atoms with Crippen molar-refractivity contribution in [3.63, 3.8) is 0 Å². The van der Waals surface area contributed by atoms with Crippen LogP contribution in [-0.2, 0) is 14.3 Å². The SMILES string of the molecule is CCOC(=O)C[C@@H](C#Cc1ccccc1)N1CCC[C@H]1COC. The first kappa shape index (κ1) is 17.5. The van der Waals surface area contributed by atoms with E-state index >= 15 is 0 Å². The van der Waals surface area contributed by atoms with Gasteiger partial charge in [-0.3, -0.25) is 9.69 Å². The van der Waals surface area contributed by atoms with Crippen LogP contribution in [0.1, 0.15) is 31.7 Å². The van der Waals surface area contributed by atoms with E-state index < -0.39 is 0 Å². The van der Waals surface area contributed by atoms with Gasteiger partial charge in [-0.15, -0.1) is 0 Å². The van der Waals surface area contributed by atoms with Gasteiger partial charge in [-0.1, -0.05) is 30.0 Å². The Balaban J connectivity index is 2.14. The Hall–Kier alpha value is -1.83. The minimum atomic E-state index is -0.192. The molecule has 2 rings (SSSR count). The molecule has 2 atom stereocenters. The van der Waals surface area contributed by atoms with E-state index in [1.165, 1.54) is 0 Å². The summed E-state index contributed by atoms with van der Waals surface area (Å²) in [5.41, 5.74) is 0.962. The zero-order chi connectivity index (χ0) is 16.5. The van der Waals surface area contributed by atoms with Crippen molar-refractivity contribution in [2.75, 3.05) is 26.9 Å². The fourth-order valence-corrected chi connectivity index (χ4v) is 2.96. The first-order chi connectivity index (χ1) is 11.2. The van der Waals surface area contributed by atoms with Crippen LogP contribution < -0.4 is 0 Å². The molecule has 0 amide bonds. The molecular formula is C19H25NO3. The molecule has 1 aliphatic rings. The van der Waals surface area contributed by atoms with E-state index in [9.17, 15) is 4.79 Å². The van der Waals surface area contributed by atoms with E-state index in [0.717, 1.165) is 24.9 Å². The number of hydrogen-bond acceptors (Lipinski definition) is 4. The Kier molecular flexibility index (Phi) is 7.12. The highest BCUT2D eigenvalue weighted by Crippen LogP contribution is 2.22. The lowest BCUT2D eigenvalue weighted by Crippen LogP contribution is -2.42. The van der Waals surface area contributed by atoms with Gasteiger partial charge in [0.15, 0.2) is 0 Å². The summed E-state index contributed by atoms with van der Waals surface area (Å²) in [5, 5.41) is 0. The molecule has 1 fully saturated rings. The number of nitrogens with zero attached hydrogens (tertiary/aromatic N) is 1. The highest BCUT2D eigenvalue weighted by molar-refractivity contribution is 5.70. The third kappa shape index (κ3) is 5.38. The predicted molar refractivity (Wildman–Crippen MR) is 90.0 cm³/mol. The summed E-state index contributed by atoms with van der Waals surface area (Å²) in [5.74, 6) is 6.27. The van der Waals surface area contributed by atoms with Crippen LogP contribution in [0, 0.1) is 11.8 Å². The minimum Gasteiger partial charge on any atom is -0.466 e. The molecule has 0 aromatic heterocycles. The molecular weight excluding hydrogens is 290 g/mol. The Morgan fingerprint density at radius 3 is 2.87 bits per heavy atom. The highest BCUT2D eigenvalue weighted by atomic mass is 16.5.